The lowest BCUT2D eigenvalue weighted by Gasteiger charge is -2.21. The molecule has 0 spiro atoms. The Morgan fingerprint density at radius 3 is 2.64 bits per heavy atom. The van der Waals surface area contributed by atoms with Gasteiger partial charge in [0.1, 0.15) is 5.69 Å². The average Bonchev–Trinajstić information content (AvgIpc) is 3.24. The number of halogens is 1. The van der Waals surface area contributed by atoms with Crippen LogP contribution in [0.15, 0.2) is 36.4 Å². The summed E-state index contributed by atoms with van der Waals surface area (Å²) in [5, 5.41) is 7.39. The molecule has 2 aliphatic heterocycles. The standard InChI is InChI=1S/C17H18ClN3O/c18-11-3-1-10(2-4-11)13-7-8-15(20-13)17(22)21-16-9-12-5-6-14(16)19-12/h1-4,7-8,12,14,16,19-20H,5-6,9H2,(H,21,22)/t12-,14+,16-/m1/s1. The number of aromatic nitrogens is 1. The first-order valence-electron chi connectivity index (χ1n) is 7.71. The van der Waals surface area contributed by atoms with Gasteiger partial charge in [-0.15, -0.1) is 0 Å². The lowest BCUT2D eigenvalue weighted by Crippen LogP contribution is -2.43. The van der Waals surface area contributed by atoms with Gasteiger partial charge in [0, 0.05) is 28.8 Å². The van der Waals surface area contributed by atoms with E-state index in [1.807, 2.05) is 36.4 Å². The maximum atomic E-state index is 12.4. The highest BCUT2D eigenvalue weighted by atomic mass is 35.5. The smallest absolute Gasteiger partial charge is 0.267 e. The molecule has 22 heavy (non-hydrogen) atoms. The van der Waals surface area contributed by atoms with Crippen molar-refractivity contribution in [1.29, 1.82) is 0 Å². The van der Waals surface area contributed by atoms with Gasteiger partial charge in [-0.2, -0.15) is 0 Å². The zero-order valence-corrected chi connectivity index (χ0v) is 12.9. The van der Waals surface area contributed by atoms with E-state index in [0.29, 0.717) is 22.8 Å². The van der Waals surface area contributed by atoms with Crippen molar-refractivity contribution in [2.45, 2.75) is 37.4 Å². The number of fused-ring (bicyclic) bond motifs is 2. The highest BCUT2D eigenvalue weighted by Gasteiger charge is 2.39. The Balaban J connectivity index is 1.46. The average molecular weight is 316 g/mol. The molecule has 4 rings (SSSR count). The molecular weight excluding hydrogens is 298 g/mol. The van der Waals surface area contributed by atoms with E-state index in [2.05, 4.69) is 15.6 Å². The fourth-order valence-electron chi connectivity index (χ4n) is 3.56. The number of rotatable bonds is 3. The fraction of sp³-hybridized carbons (Fsp3) is 0.353. The molecule has 1 amide bonds. The Hall–Kier alpha value is -1.78. The largest absolute Gasteiger partial charge is 0.351 e. The van der Waals surface area contributed by atoms with Crippen molar-refractivity contribution in [3.8, 4) is 11.3 Å². The highest BCUT2D eigenvalue weighted by molar-refractivity contribution is 6.30. The van der Waals surface area contributed by atoms with Crippen molar-refractivity contribution in [3.05, 3.63) is 47.1 Å². The molecule has 4 nitrogen and oxygen atoms in total. The van der Waals surface area contributed by atoms with E-state index in [9.17, 15) is 4.79 Å². The highest BCUT2D eigenvalue weighted by Crippen LogP contribution is 2.28. The maximum Gasteiger partial charge on any atom is 0.267 e. The zero-order chi connectivity index (χ0) is 15.1. The van der Waals surface area contributed by atoms with Crippen molar-refractivity contribution in [2.24, 2.45) is 0 Å². The van der Waals surface area contributed by atoms with E-state index in [4.69, 9.17) is 11.6 Å². The molecule has 5 heteroatoms. The summed E-state index contributed by atoms with van der Waals surface area (Å²) in [6, 6.07) is 12.6. The van der Waals surface area contributed by atoms with E-state index in [0.717, 1.165) is 24.1 Å². The van der Waals surface area contributed by atoms with E-state index >= 15 is 0 Å². The van der Waals surface area contributed by atoms with E-state index in [1.165, 1.54) is 6.42 Å². The summed E-state index contributed by atoms with van der Waals surface area (Å²) in [6.07, 6.45) is 3.44. The summed E-state index contributed by atoms with van der Waals surface area (Å²) >= 11 is 5.90. The van der Waals surface area contributed by atoms with E-state index < -0.39 is 0 Å². The predicted molar refractivity (Wildman–Crippen MR) is 87.1 cm³/mol. The Morgan fingerprint density at radius 1 is 1.14 bits per heavy atom. The Kier molecular flexibility index (Phi) is 3.43. The lowest BCUT2D eigenvalue weighted by atomic mass is 9.95. The van der Waals surface area contributed by atoms with Crippen LogP contribution in [-0.2, 0) is 0 Å². The Bertz CT molecular complexity index is 694. The first-order chi connectivity index (χ1) is 10.7. The summed E-state index contributed by atoms with van der Waals surface area (Å²) < 4.78 is 0. The minimum absolute atomic E-state index is 0.0282. The maximum absolute atomic E-state index is 12.4. The van der Waals surface area contributed by atoms with Gasteiger partial charge >= 0.3 is 0 Å². The molecule has 2 bridgehead atoms. The summed E-state index contributed by atoms with van der Waals surface area (Å²) in [5.41, 5.74) is 2.55. The van der Waals surface area contributed by atoms with Crippen LogP contribution >= 0.6 is 11.6 Å². The number of carbonyl (C=O) groups is 1. The Labute approximate surface area is 134 Å². The number of benzene rings is 1. The van der Waals surface area contributed by atoms with Crippen LogP contribution in [0.25, 0.3) is 11.3 Å². The number of carbonyl (C=O) groups excluding carboxylic acids is 1. The minimum atomic E-state index is -0.0282. The lowest BCUT2D eigenvalue weighted by molar-refractivity contribution is 0.0926. The molecule has 3 heterocycles. The molecule has 2 aliphatic rings. The summed E-state index contributed by atoms with van der Waals surface area (Å²) in [4.78, 5) is 15.6. The molecule has 3 N–H and O–H groups in total. The number of hydrogen-bond donors (Lipinski definition) is 3. The monoisotopic (exact) mass is 315 g/mol. The molecule has 0 radical (unpaired) electrons. The molecular formula is C17H18ClN3O. The van der Waals surface area contributed by atoms with Crippen molar-refractivity contribution < 1.29 is 4.79 Å². The number of H-pyrrole nitrogens is 1. The minimum Gasteiger partial charge on any atom is -0.351 e. The molecule has 0 aliphatic carbocycles. The molecule has 3 atom stereocenters. The third kappa shape index (κ3) is 2.53. The molecule has 2 saturated heterocycles. The van der Waals surface area contributed by atoms with Gasteiger partial charge in [-0.25, -0.2) is 0 Å². The van der Waals surface area contributed by atoms with Crippen LogP contribution < -0.4 is 10.6 Å². The van der Waals surface area contributed by atoms with Crippen LogP contribution in [0.5, 0.6) is 0 Å². The van der Waals surface area contributed by atoms with Gasteiger partial charge in [-0.3, -0.25) is 4.79 Å². The predicted octanol–water partition coefficient (Wildman–Crippen LogP) is 2.96. The first-order valence-corrected chi connectivity index (χ1v) is 8.09. The van der Waals surface area contributed by atoms with E-state index in [-0.39, 0.29) is 11.9 Å². The van der Waals surface area contributed by atoms with Gasteiger partial charge < -0.3 is 15.6 Å². The van der Waals surface area contributed by atoms with Gasteiger partial charge in [0.25, 0.3) is 5.91 Å². The van der Waals surface area contributed by atoms with Crippen LogP contribution in [0.1, 0.15) is 29.8 Å². The number of aromatic amines is 1. The summed E-state index contributed by atoms with van der Waals surface area (Å²) in [5.74, 6) is -0.0282. The van der Waals surface area contributed by atoms with Crippen molar-refractivity contribution in [2.75, 3.05) is 0 Å². The molecule has 0 saturated carbocycles. The topological polar surface area (TPSA) is 56.9 Å². The summed E-state index contributed by atoms with van der Waals surface area (Å²) in [6.45, 7) is 0. The number of amides is 1. The van der Waals surface area contributed by atoms with Crippen LogP contribution in [0.2, 0.25) is 5.02 Å². The molecule has 2 aromatic rings. The SMILES string of the molecule is O=C(N[C@@H]1C[C@H]2CC[C@@H]1N2)c1ccc(-c2ccc(Cl)cc2)[nH]1. The molecule has 1 aromatic heterocycles. The molecule has 114 valence electrons. The van der Waals surface area contributed by atoms with Crippen LogP contribution in [0.3, 0.4) is 0 Å². The van der Waals surface area contributed by atoms with Crippen LogP contribution in [0, 0.1) is 0 Å². The molecule has 2 fully saturated rings. The third-order valence-electron chi connectivity index (χ3n) is 4.70. The van der Waals surface area contributed by atoms with Crippen LogP contribution in [-0.4, -0.2) is 29.0 Å². The second-order valence-corrected chi connectivity index (χ2v) is 6.59. The quantitative estimate of drug-likeness (QED) is 0.815. The fourth-order valence-corrected chi connectivity index (χ4v) is 3.68. The first kappa shape index (κ1) is 13.9. The van der Waals surface area contributed by atoms with Gasteiger partial charge in [-0.05, 0) is 49.1 Å². The van der Waals surface area contributed by atoms with Crippen LogP contribution in [0.4, 0.5) is 0 Å². The summed E-state index contributed by atoms with van der Waals surface area (Å²) in [7, 11) is 0. The van der Waals surface area contributed by atoms with Gasteiger partial charge in [-0.1, -0.05) is 23.7 Å². The van der Waals surface area contributed by atoms with Crippen molar-refractivity contribution in [1.82, 2.24) is 15.6 Å². The van der Waals surface area contributed by atoms with Crippen molar-refractivity contribution in [3.63, 3.8) is 0 Å². The molecule has 0 unspecified atom stereocenters. The molecule has 1 aromatic carbocycles. The normalized spacial score (nSPS) is 26.3. The van der Waals surface area contributed by atoms with Gasteiger partial charge in [0.15, 0.2) is 0 Å². The number of nitrogens with one attached hydrogen (secondary N) is 3. The Morgan fingerprint density at radius 2 is 1.95 bits per heavy atom. The van der Waals surface area contributed by atoms with Crippen molar-refractivity contribution >= 4 is 17.5 Å². The van der Waals surface area contributed by atoms with Gasteiger partial charge in [0.05, 0.1) is 0 Å². The second kappa shape index (κ2) is 5.45. The number of hydrogen-bond acceptors (Lipinski definition) is 2. The zero-order valence-electron chi connectivity index (χ0n) is 12.1. The van der Waals surface area contributed by atoms with Gasteiger partial charge in [0.2, 0.25) is 0 Å². The third-order valence-corrected chi connectivity index (χ3v) is 4.95. The van der Waals surface area contributed by atoms with E-state index in [1.54, 1.807) is 0 Å². The second-order valence-electron chi connectivity index (χ2n) is 6.16.